The Morgan fingerprint density at radius 3 is 2.90 bits per heavy atom. The van der Waals surface area contributed by atoms with Gasteiger partial charge in [0, 0.05) is 0 Å². The molecule has 2 unspecified atom stereocenters. The Balaban J connectivity index is 1.89. The van der Waals surface area contributed by atoms with Crippen LogP contribution in [0.3, 0.4) is 0 Å². The summed E-state index contributed by atoms with van der Waals surface area (Å²) in [5, 5.41) is 15.2. The number of oxime groups is 1. The second-order valence-electron chi connectivity index (χ2n) is 5.83. The number of fused-ring (bicyclic) bond motifs is 5. The van der Waals surface area contributed by atoms with Crippen molar-refractivity contribution in [3.8, 4) is 0 Å². The molecule has 0 heterocycles. The van der Waals surface area contributed by atoms with E-state index in [1.54, 1.807) is 0 Å². The Morgan fingerprint density at radius 2 is 2.00 bits per heavy atom. The molecule has 0 amide bonds. The molecule has 0 bridgehead atoms. The second-order valence-corrected chi connectivity index (χ2v) is 5.83. The Bertz CT molecular complexity index is 729. The van der Waals surface area contributed by atoms with E-state index in [1.165, 1.54) is 21.9 Å². The maximum absolute atomic E-state index is 9.07. The SMILES string of the molecule is ON=C1CCC2C=Cc3c(ccc4ccccc34)C2C1. The van der Waals surface area contributed by atoms with Crippen LogP contribution in [0.1, 0.15) is 36.3 Å². The van der Waals surface area contributed by atoms with E-state index < -0.39 is 0 Å². The fraction of sp³-hybridized carbons (Fsp3) is 0.278. The summed E-state index contributed by atoms with van der Waals surface area (Å²) in [4.78, 5) is 0. The Labute approximate surface area is 118 Å². The smallest absolute Gasteiger partial charge is 0.0577 e. The van der Waals surface area contributed by atoms with Gasteiger partial charge in [-0.25, -0.2) is 0 Å². The van der Waals surface area contributed by atoms with E-state index in [0.29, 0.717) is 11.8 Å². The molecule has 0 saturated heterocycles. The van der Waals surface area contributed by atoms with E-state index in [4.69, 9.17) is 5.21 Å². The number of hydrogen-bond acceptors (Lipinski definition) is 2. The molecule has 2 atom stereocenters. The van der Waals surface area contributed by atoms with Gasteiger partial charge in [-0.1, -0.05) is 53.7 Å². The fourth-order valence-corrected chi connectivity index (χ4v) is 3.75. The zero-order chi connectivity index (χ0) is 13.5. The monoisotopic (exact) mass is 263 g/mol. The number of allylic oxidation sites excluding steroid dienone is 1. The number of nitrogens with zero attached hydrogens (tertiary/aromatic N) is 1. The van der Waals surface area contributed by atoms with Gasteiger partial charge >= 0.3 is 0 Å². The van der Waals surface area contributed by atoms with E-state index >= 15 is 0 Å². The highest BCUT2D eigenvalue weighted by Gasteiger charge is 2.32. The molecule has 2 aromatic carbocycles. The normalized spacial score (nSPS) is 26.5. The first kappa shape index (κ1) is 11.7. The molecule has 2 aliphatic rings. The molecule has 2 aromatic rings. The minimum absolute atomic E-state index is 0.472. The average molecular weight is 263 g/mol. The van der Waals surface area contributed by atoms with Crippen molar-refractivity contribution in [2.24, 2.45) is 11.1 Å². The predicted octanol–water partition coefficient (Wildman–Crippen LogP) is 4.58. The van der Waals surface area contributed by atoms with Crippen molar-refractivity contribution in [3.05, 3.63) is 53.6 Å². The predicted molar refractivity (Wildman–Crippen MR) is 82.3 cm³/mol. The van der Waals surface area contributed by atoms with Crippen LogP contribution in [0, 0.1) is 5.92 Å². The van der Waals surface area contributed by atoms with Gasteiger partial charge in [-0.2, -0.15) is 0 Å². The lowest BCUT2D eigenvalue weighted by Crippen LogP contribution is -2.24. The van der Waals surface area contributed by atoms with Crippen LogP contribution in [0.2, 0.25) is 0 Å². The Hall–Kier alpha value is -2.09. The first-order valence-electron chi connectivity index (χ1n) is 7.26. The lowest BCUT2D eigenvalue weighted by molar-refractivity contribution is 0.310. The van der Waals surface area contributed by atoms with Crippen LogP contribution in [-0.4, -0.2) is 10.9 Å². The van der Waals surface area contributed by atoms with Gasteiger partial charge in [0.25, 0.3) is 0 Å². The van der Waals surface area contributed by atoms with Crippen LogP contribution < -0.4 is 0 Å². The van der Waals surface area contributed by atoms with Crippen LogP contribution >= 0.6 is 0 Å². The van der Waals surface area contributed by atoms with Gasteiger partial charge in [-0.3, -0.25) is 0 Å². The number of rotatable bonds is 0. The van der Waals surface area contributed by atoms with E-state index in [0.717, 1.165) is 25.0 Å². The van der Waals surface area contributed by atoms with Gasteiger partial charge in [0.2, 0.25) is 0 Å². The van der Waals surface area contributed by atoms with Gasteiger partial charge < -0.3 is 5.21 Å². The molecule has 2 heteroatoms. The molecular weight excluding hydrogens is 246 g/mol. The third-order valence-electron chi connectivity index (χ3n) is 4.79. The minimum atomic E-state index is 0.472. The molecule has 2 aliphatic carbocycles. The molecule has 1 fully saturated rings. The maximum Gasteiger partial charge on any atom is 0.0577 e. The molecule has 0 aliphatic heterocycles. The van der Waals surface area contributed by atoms with Crippen LogP contribution in [-0.2, 0) is 0 Å². The van der Waals surface area contributed by atoms with Gasteiger partial charge in [0.1, 0.15) is 0 Å². The summed E-state index contributed by atoms with van der Waals surface area (Å²) in [6.45, 7) is 0. The molecule has 2 nitrogen and oxygen atoms in total. The molecule has 4 rings (SSSR count). The zero-order valence-corrected chi connectivity index (χ0v) is 11.3. The number of benzene rings is 2. The van der Waals surface area contributed by atoms with Crippen molar-refractivity contribution in [2.75, 3.05) is 0 Å². The Kier molecular flexibility index (Phi) is 2.62. The Morgan fingerprint density at radius 1 is 1.10 bits per heavy atom. The minimum Gasteiger partial charge on any atom is -0.411 e. The summed E-state index contributed by atoms with van der Waals surface area (Å²) in [5.74, 6) is 1.06. The standard InChI is InChI=1S/C18H17NO/c20-19-14-8-5-13-7-9-16-15-4-2-1-3-12(15)6-10-17(16)18(13)11-14/h1-4,6-7,9-10,13,18,20H,5,8,11H2. The van der Waals surface area contributed by atoms with Crippen LogP contribution in [0.25, 0.3) is 16.8 Å². The largest absolute Gasteiger partial charge is 0.411 e. The van der Waals surface area contributed by atoms with E-state index in [2.05, 4.69) is 53.7 Å². The van der Waals surface area contributed by atoms with E-state index in [9.17, 15) is 0 Å². The third-order valence-corrected chi connectivity index (χ3v) is 4.79. The summed E-state index contributed by atoms with van der Waals surface area (Å²) in [7, 11) is 0. The first-order valence-corrected chi connectivity index (χ1v) is 7.26. The summed E-state index contributed by atoms with van der Waals surface area (Å²) >= 11 is 0. The maximum atomic E-state index is 9.07. The highest BCUT2D eigenvalue weighted by molar-refractivity contribution is 5.94. The highest BCUT2D eigenvalue weighted by Crippen LogP contribution is 2.44. The fourth-order valence-electron chi connectivity index (χ4n) is 3.75. The van der Waals surface area contributed by atoms with Crippen molar-refractivity contribution in [1.29, 1.82) is 0 Å². The summed E-state index contributed by atoms with van der Waals surface area (Å²) in [6.07, 6.45) is 7.54. The summed E-state index contributed by atoms with van der Waals surface area (Å²) < 4.78 is 0. The summed E-state index contributed by atoms with van der Waals surface area (Å²) in [6, 6.07) is 13.0. The second kappa shape index (κ2) is 4.48. The molecule has 100 valence electrons. The average Bonchev–Trinajstić information content (AvgIpc) is 2.53. The summed E-state index contributed by atoms with van der Waals surface area (Å²) in [5.41, 5.74) is 3.71. The van der Waals surface area contributed by atoms with Crippen molar-refractivity contribution < 1.29 is 5.21 Å². The van der Waals surface area contributed by atoms with E-state index in [1.807, 2.05) is 0 Å². The van der Waals surface area contributed by atoms with Crippen LogP contribution in [0.5, 0.6) is 0 Å². The topological polar surface area (TPSA) is 32.6 Å². The van der Waals surface area contributed by atoms with Crippen molar-refractivity contribution in [1.82, 2.24) is 0 Å². The molecule has 0 aromatic heterocycles. The lowest BCUT2D eigenvalue weighted by Gasteiger charge is -2.34. The third kappa shape index (κ3) is 1.68. The highest BCUT2D eigenvalue weighted by atomic mass is 16.4. The van der Waals surface area contributed by atoms with E-state index in [-0.39, 0.29) is 0 Å². The van der Waals surface area contributed by atoms with Crippen molar-refractivity contribution in [2.45, 2.75) is 25.2 Å². The molecular formula is C18H17NO. The number of hydrogen-bond donors (Lipinski definition) is 1. The van der Waals surface area contributed by atoms with Gasteiger partial charge in [-0.15, -0.1) is 0 Å². The molecule has 20 heavy (non-hydrogen) atoms. The quantitative estimate of drug-likeness (QED) is 0.547. The first-order chi connectivity index (χ1) is 9.86. The zero-order valence-electron chi connectivity index (χ0n) is 11.3. The van der Waals surface area contributed by atoms with Gasteiger partial charge in [-0.05, 0) is 53.0 Å². The molecule has 0 spiro atoms. The van der Waals surface area contributed by atoms with Gasteiger partial charge in [0.05, 0.1) is 5.71 Å². The van der Waals surface area contributed by atoms with Gasteiger partial charge in [0.15, 0.2) is 0 Å². The van der Waals surface area contributed by atoms with Crippen LogP contribution in [0.15, 0.2) is 47.6 Å². The molecule has 0 radical (unpaired) electrons. The molecule has 1 saturated carbocycles. The molecule has 1 N–H and O–H groups in total. The van der Waals surface area contributed by atoms with Crippen molar-refractivity contribution in [3.63, 3.8) is 0 Å². The van der Waals surface area contributed by atoms with Crippen molar-refractivity contribution >= 4 is 22.6 Å². The van der Waals surface area contributed by atoms with Crippen LogP contribution in [0.4, 0.5) is 0 Å². The lowest BCUT2D eigenvalue weighted by atomic mass is 9.70.